The van der Waals surface area contributed by atoms with Gasteiger partial charge in [0.05, 0.1) is 5.69 Å². The fourth-order valence-corrected chi connectivity index (χ4v) is 2.49. The highest BCUT2D eigenvalue weighted by atomic mass is 14.9. The van der Waals surface area contributed by atoms with Crippen molar-refractivity contribution in [3.63, 3.8) is 0 Å². The zero-order chi connectivity index (χ0) is 13.8. The average Bonchev–Trinajstić information content (AvgIpc) is 2.46. The highest BCUT2D eigenvalue weighted by Crippen LogP contribution is 2.18. The van der Waals surface area contributed by atoms with Crippen molar-refractivity contribution in [3.8, 4) is 0 Å². The lowest BCUT2D eigenvalue weighted by molar-refractivity contribution is 0.467. The van der Waals surface area contributed by atoms with Gasteiger partial charge in [0.15, 0.2) is 0 Å². The predicted molar refractivity (Wildman–Crippen MR) is 83.3 cm³/mol. The van der Waals surface area contributed by atoms with Crippen LogP contribution in [-0.4, -0.2) is 11.5 Å². The second-order valence-corrected chi connectivity index (χ2v) is 5.27. The van der Waals surface area contributed by atoms with E-state index in [1.165, 1.54) is 57.1 Å². The lowest BCUT2D eigenvalue weighted by Gasteiger charge is -2.17. The molecule has 1 aromatic heterocycles. The van der Waals surface area contributed by atoms with Gasteiger partial charge >= 0.3 is 0 Å². The van der Waals surface area contributed by atoms with Crippen LogP contribution in [0.5, 0.6) is 0 Å². The molecule has 0 aliphatic rings. The van der Waals surface area contributed by atoms with Crippen molar-refractivity contribution in [1.82, 2.24) is 10.3 Å². The van der Waals surface area contributed by atoms with Crippen LogP contribution in [0.2, 0.25) is 0 Å². The Morgan fingerprint density at radius 2 is 1.74 bits per heavy atom. The quantitative estimate of drug-likeness (QED) is 0.575. The third-order valence-electron chi connectivity index (χ3n) is 3.59. The van der Waals surface area contributed by atoms with E-state index in [4.69, 9.17) is 0 Å². The molecular weight excluding hydrogens is 232 g/mol. The first-order valence-electron chi connectivity index (χ1n) is 8.02. The Kier molecular flexibility index (Phi) is 9.34. The van der Waals surface area contributed by atoms with E-state index in [-0.39, 0.29) is 0 Å². The van der Waals surface area contributed by atoms with Crippen molar-refractivity contribution in [2.24, 2.45) is 0 Å². The minimum absolute atomic E-state index is 0.432. The number of hydrogen-bond donors (Lipinski definition) is 1. The van der Waals surface area contributed by atoms with Crippen LogP contribution in [-0.2, 0) is 0 Å². The summed E-state index contributed by atoms with van der Waals surface area (Å²) >= 11 is 0. The maximum Gasteiger partial charge on any atom is 0.0573 e. The third kappa shape index (κ3) is 7.31. The molecule has 19 heavy (non-hydrogen) atoms. The number of aromatic nitrogens is 1. The van der Waals surface area contributed by atoms with E-state index >= 15 is 0 Å². The highest BCUT2D eigenvalue weighted by molar-refractivity contribution is 5.08. The SMILES string of the molecule is CCCCCCCCCC(NCC)c1ccccn1. The monoisotopic (exact) mass is 262 g/mol. The van der Waals surface area contributed by atoms with E-state index in [2.05, 4.69) is 36.3 Å². The zero-order valence-corrected chi connectivity index (χ0v) is 12.7. The number of nitrogens with zero attached hydrogens (tertiary/aromatic N) is 1. The van der Waals surface area contributed by atoms with Gasteiger partial charge in [0.2, 0.25) is 0 Å². The average molecular weight is 262 g/mol. The van der Waals surface area contributed by atoms with Gasteiger partial charge < -0.3 is 5.32 Å². The first kappa shape index (κ1) is 16.2. The molecule has 0 radical (unpaired) electrons. The minimum atomic E-state index is 0.432. The van der Waals surface area contributed by atoms with Crippen LogP contribution >= 0.6 is 0 Å². The molecule has 0 bridgehead atoms. The summed E-state index contributed by atoms with van der Waals surface area (Å²) in [7, 11) is 0. The number of hydrogen-bond acceptors (Lipinski definition) is 2. The number of pyridine rings is 1. The molecule has 1 rings (SSSR count). The second kappa shape index (κ2) is 11.0. The summed E-state index contributed by atoms with van der Waals surface area (Å²) in [4.78, 5) is 4.47. The summed E-state index contributed by atoms with van der Waals surface area (Å²) in [6.45, 7) is 5.45. The summed E-state index contributed by atoms with van der Waals surface area (Å²) < 4.78 is 0. The largest absolute Gasteiger partial charge is 0.309 e. The maximum atomic E-state index is 4.47. The van der Waals surface area contributed by atoms with Crippen LogP contribution in [0.4, 0.5) is 0 Å². The standard InChI is InChI=1S/C17H30N2/c1-3-5-6-7-8-9-10-13-16(18-4-2)17-14-11-12-15-19-17/h11-12,14-16,18H,3-10,13H2,1-2H3. The van der Waals surface area contributed by atoms with Crippen molar-refractivity contribution < 1.29 is 0 Å². The summed E-state index contributed by atoms with van der Waals surface area (Å²) in [5.41, 5.74) is 1.19. The van der Waals surface area contributed by atoms with Gasteiger partial charge in [-0.05, 0) is 25.1 Å². The number of unbranched alkanes of at least 4 members (excludes halogenated alkanes) is 6. The predicted octanol–water partition coefficient (Wildman–Crippen LogP) is 4.87. The van der Waals surface area contributed by atoms with E-state index in [0.29, 0.717) is 6.04 Å². The smallest absolute Gasteiger partial charge is 0.0573 e. The van der Waals surface area contributed by atoms with Crippen molar-refractivity contribution in [2.45, 2.75) is 71.3 Å². The number of nitrogens with one attached hydrogen (secondary N) is 1. The molecule has 1 heterocycles. The van der Waals surface area contributed by atoms with Gasteiger partial charge in [-0.2, -0.15) is 0 Å². The Morgan fingerprint density at radius 3 is 2.37 bits per heavy atom. The Morgan fingerprint density at radius 1 is 1.00 bits per heavy atom. The third-order valence-corrected chi connectivity index (χ3v) is 3.59. The summed E-state index contributed by atoms with van der Waals surface area (Å²) in [6.07, 6.45) is 12.7. The van der Waals surface area contributed by atoms with Crippen LogP contribution in [0, 0.1) is 0 Å². The summed E-state index contributed by atoms with van der Waals surface area (Å²) in [5.74, 6) is 0. The number of rotatable bonds is 11. The van der Waals surface area contributed by atoms with Gasteiger partial charge in [-0.25, -0.2) is 0 Å². The Bertz CT molecular complexity index is 297. The fourth-order valence-electron chi connectivity index (χ4n) is 2.49. The van der Waals surface area contributed by atoms with Crippen molar-refractivity contribution in [3.05, 3.63) is 30.1 Å². The molecule has 1 aromatic rings. The molecule has 2 heteroatoms. The molecule has 0 spiro atoms. The normalized spacial score (nSPS) is 12.5. The van der Waals surface area contributed by atoms with Gasteiger partial charge in [0.1, 0.15) is 0 Å². The highest BCUT2D eigenvalue weighted by Gasteiger charge is 2.10. The fraction of sp³-hybridized carbons (Fsp3) is 0.706. The van der Waals surface area contributed by atoms with E-state index in [1.54, 1.807) is 0 Å². The zero-order valence-electron chi connectivity index (χ0n) is 12.7. The summed E-state index contributed by atoms with van der Waals surface area (Å²) in [5, 5.41) is 3.55. The first-order chi connectivity index (χ1) is 9.38. The Hall–Kier alpha value is -0.890. The molecule has 0 saturated heterocycles. The van der Waals surface area contributed by atoms with Crippen molar-refractivity contribution >= 4 is 0 Å². The van der Waals surface area contributed by atoms with Crippen LogP contribution in [0.1, 0.15) is 76.9 Å². The van der Waals surface area contributed by atoms with Gasteiger partial charge in [0.25, 0.3) is 0 Å². The molecule has 1 unspecified atom stereocenters. The molecular formula is C17H30N2. The van der Waals surface area contributed by atoms with E-state index in [9.17, 15) is 0 Å². The molecule has 0 amide bonds. The minimum Gasteiger partial charge on any atom is -0.309 e. The molecule has 0 saturated carbocycles. The van der Waals surface area contributed by atoms with E-state index in [0.717, 1.165) is 6.54 Å². The van der Waals surface area contributed by atoms with Crippen molar-refractivity contribution in [1.29, 1.82) is 0 Å². The molecule has 1 atom stereocenters. The van der Waals surface area contributed by atoms with Gasteiger partial charge in [0, 0.05) is 12.2 Å². The Labute approximate surface area is 119 Å². The van der Waals surface area contributed by atoms with Crippen LogP contribution in [0.15, 0.2) is 24.4 Å². The van der Waals surface area contributed by atoms with Gasteiger partial charge in [-0.15, -0.1) is 0 Å². The second-order valence-electron chi connectivity index (χ2n) is 5.27. The van der Waals surface area contributed by atoms with Crippen LogP contribution in [0.3, 0.4) is 0 Å². The molecule has 0 fully saturated rings. The molecule has 0 aliphatic carbocycles. The van der Waals surface area contributed by atoms with Gasteiger partial charge in [-0.1, -0.05) is 64.9 Å². The molecule has 1 N–H and O–H groups in total. The summed E-state index contributed by atoms with van der Waals surface area (Å²) in [6, 6.07) is 6.63. The molecule has 0 aromatic carbocycles. The van der Waals surface area contributed by atoms with Gasteiger partial charge in [-0.3, -0.25) is 4.98 Å². The van der Waals surface area contributed by atoms with Crippen LogP contribution in [0.25, 0.3) is 0 Å². The lowest BCUT2D eigenvalue weighted by Crippen LogP contribution is -2.21. The van der Waals surface area contributed by atoms with Crippen molar-refractivity contribution in [2.75, 3.05) is 6.54 Å². The topological polar surface area (TPSA) is 24.9 Å². The van der Waals surface area contributed by atoms with E-state index < -0.39 is 0 Å². The van der Waals surface area contributed by atoms with E-state index in [1.807, 2.05) is 12.3 Å². The molecule has 0 aliphatic heterocycles. The lowest BCUT2D eigenvalue weighted by atomic mass is 10.0. The molecule has 108 valence electrons. The molecule has 2 nitrogen and oxygen atoms in total. The first-order valence-corrected chi connectivity index (χ1v) is 8.02. The maximum absolute atomic E-state index is 4.47. The Balaban J connectivity index is 2.20. The van der Waals surface area contributed by atoms with Crippen LogP contribution < -0.4 is 5.32 Å².